The molecule has 9 heteroatoms. The van der Waals surface area contributed by atoms with E-state index in [1.54, 1.807) is 17.5 Å². The van der Waals surface area contributed by atoms with Crippen molar-refractivity contribution in [3.63, 3.8) is 0 Å². The van der Waals surface area contributed by atoms with Crippen LogP contribution in [-0.2, 0) is 11.3 Å². The van der Waals surface area contributed by atoms with Crippen LogP contribution in [0.1, 0.15) is 18.9 Å². The van der Waals surface area contributed by atoms with Gasteiger partial charge in [-0.3, -0.25) is 14.2 Å². The lowest BCUT2D eigenvalue weighted by Gasteiger charge is -2.32. The van der Waals surface area contributed by atoms with E-state index in [0.29, 0.717) is 29.3 Å². The van der Waals surface area contributed by atoms with Crippen molar-refractivity contribution in [2.45, 2.75) is 25.4 Å². The highest BCUT2D eigenvalue weighted by Crippen LogP contribution is 2.33. The highest BCUT2D eigenvalue weighted by Gasteiger charge is 2.24. The maximum atomic E-state index is 13.1. The van der Waals surface area contributed by atoms with Gasteiger partial charge in [-0.25, -0.2) is 9.97 Å². The highest BCUT2D eigenvalue weighted by atomic mass is 32.1. The molecule has 0 bridgehead atoms. The van der Waals surface area contributed by atoms with Crippen LogP contribution in [0, 0.1) is 0 Å². The molecule has 5 rings (SSSR count). The summed E-state index contributed by atoms with van der Waals surface area (Å²) in [5, 5.41) is 4.56. The second kappa shape index (κ2) is 7.57. The summed E-state index contributed by atoms with van der Waals surface area (Å²) >= 11 is 3.06. The van der Waals surface area contributed by atoms with Gasteiger partial charge in [0.15, 0.2) is 0 Å². The molecule has 0 spiro atoms. The Labute approximate surface area is 174 Å². The number of carbonyl (C=O) groups is 1. The van der Waals surface area contributed by atoms with Crippen LogP contribution in [-0.4, -0.2) is 43.0 Å². The lowest BCUT2D eigenvalue weighted by atomic mass is 10.0. The summed E-state index contributed by atoms with van der Waals surface area (Å²) in [7, 11) is 0. The molecule has 0 unspecified atom stereocenters. The summed E-state index contributed by atoms with van der Waals surface area (Å²) in [6.45, 7) is 1.40. The number of nitrogens with zero attached hydrogens (tertiary/aromatic N) is 5. The van der Waals surface area contributed by atoms with E-state index in [4.69, 9.17) is 0 Å². The number of fused-ring (bicyclic) bond motifs is 1. The monoisotopic (exact) mass is 425 g/mol. The largest absolute Gasteiger partial charge is 0.341 e. The molecular formula is C20H19N5O2S2. The number of rotatable bonds is 4. The standard InChI is InChI=1S/C20H19N5O2S2/c26-17(23-6-3-14(4-7-23)24-8-5-21-12-24)10-25-13-22-19-18(20(25)27)15(11-29-19)16-2-1-9-28-16/h1-2,5,8-9,11-14H,3-4,6-7,10H2. The molecule has 4 aromatic heterocycles. The van der Waals surface area contributed by atoms with Crippen molar-refractivity contribution in [2.75, 3.05) is 13.1 Å². The van der Waals surface area contributed by atoms with Crippen molar-refractivity contribution in [1.29, 1.82) is 0 Å². The molecule has 29 heavy (non-hydrogen) atoms. The average molecular weight is 426 g/mol. The lowest BCUT2D eigenvalue weighted by molar-refractivity contribution is -0.133. The minimum Gasteiger partial charge on any atom is -0.341 e. The van der Waals surface area contributed by atoms with Crippen LogP contribution in [0.2, 0.25) is 0 Å². The van der Waals surface area contributed by atoms with Crippen molar-refractivity contribution < 1.29 is 4.79 Å². The zero-order chi connectivity index (χ0) is 19.8. The molecule has 0 N–H and O–H groups in total. The quantitative estimate of drug-likeness (QED) is 0.503. The number of hydrogen-bond acceptors (Lipinski definition) is 6. The van der Waals surface area contributed by atoms with Crippen molar-refractivity contribution in [2.24, 2.45) is 0 Å². The molecule has 4 aromatic rings. The van der Waals surface area contributed by atoms with Crippen molar-refractivity contribution in [3.8, 4) is 10.4 Å². The smallest absolute Gasteiger partial charge is 0.263 e. The van der Waals surface area contributed by atoms with Gasteiger partial charge in [-0.2, -0.15) is 0 Å². The molecular weight excluding hydrogens is 406 g/mol. The summed E-state index contributed by atoms with van der Waals surface area (Å²) in [6.07, 6.45) is 8.85. The van der Waals surface area contributed by atoms with Crippen LogP contribution in [0.5, 0.6) is 0 Å². The Bertz CT molecular complexity index is 1190. The Morgan fingerprint density at radius 2 is 2.07 bits per heavy atom. The molecule has 1 amide bonds. The van der Waals surface area contributed by atoms with E-state index in [0.717, 1.165) is 23.3 Å². The first-order valence-corrected chi connectivity index (χ1v) is 11.2. The lowest BCUT2D eigenvalue weighted by Crippen LogP contribution is -2.41. The van der Waals surface area contributed by atoms with Crippen LogP contribution in [0.4, 0.5) is 0 Å². The zero-order valence-electron chi connectivity index (χ0n) is 15.6. The van der Waals surface area contributed by atoms with Crippen LogP contribution in [0.3, 0.4) is 0 Å². The summed E-state index contributed by atoms with van der Waals surface area (Å²) < 4.78 is 3.54. The van der Waals surface area contributed by atoms with Crippen LogP contribution < -0.4 is 5.56 Å². The summed E-state index contributed by atoms with van der Waals surface area (Å²) in [6, 6.07) is 4.34. The van der Waals surface area contributed by atoms with E-state index in [2.05, 4.69) is 14.5 Å². The number of likely N-dealkylation sites (tertiary alicyclic amines) is 1. The molecule has 7 nitrogen and oxygen atoms in total. The van der Waals surface area contributed by atoms with Gasteiger partial charge in [-0.1, -0.05) is 6.07 Å². The normalized spacial score (nSPS) is 15.2. The topological polar surface area (TPSA) is 73.0 Å². The van der Waals surface area contributed by atoms with Crippen molar-refractivity contribution >= 4 is 38.8 Å². The van der Waals surface area contributed by atoms with E-state index in [9.17, 15) is 9.59 Å². The Balaban J connectivity index is 1.34. The number of aromatic nitrogens is 4. The Morgan fingerprint density at radius 1 is 1.21 bits per heavy atom. The third-order valence-electron chi connectivity index (χ3n) is 5.42. The fourth-order valence-electron chi connectivity index (χ4n) is 3.84. The van der Waals surface area contributed by atoms with Crippen LogP contribution in [0.15, 0.2) is 52.7 Å². The first-order valence-electron chi connectivity index (χ1n) is 9.46. The number of thiophene rings is 2. The third kappa shape index (κ3) is 3.40. The molecule has 1 saturated heterocycles. The molecule has 0 aromatic carbocycles. The molecule has 5 heterocycles. The fourth-order valence-corrected chi connectivity index (χ4v) is 5.56. The summed E-state index contributed by atoms with van der Waals surface area (Å²) in [5.41, 5.74) is 0.752. The summed E-state index contributed by atoms with van der Waals surface area (Å²) in [4.78, 5) is 38.0. The Hall–Kier alpha value is -2.78. The van der Waals surface area contributed by atoms with E-state index in [1.807, 2.05) is 40.3 Å². The molecule has 0 saturated carbocycles. The summed E-state index contributed by atoms with van der Waals surface area (Å²) in [5.74, 6) is -0.0368. The number of amides is 1. The molecule has 1 aliphatic heterocycles. The first-order chi connectivity index (χ1) is 14.2. The number of hydrogen-bond donors (Lipinski definition) is 0. The number of imidazole rings is 1. The first kappa shape index (κ1) is 18.3. The minimum atomic E-state index is -0.152. The SMILES string of the molecule is O=C(Cn1cnc2scc(-c3cccs3)c2c1=O)N1CCC(n2ccnc2)CC1. The van der Waals surface area contributed by atoms with Gasteiger partial charge in [0.2, 0.25) is 5.91 Å². The maximum absolute atomic E-state index is 13.1. The van der Waals surface area contributed by atoms with E-state index in [1.165, 1.54) is 22.2 Å². The second-order valence-corrected chi connectivity index (χ2v) is 8.91. The molecule has 1 aliphatic rings. The van der Waals surface area contributed by atoms with Crippen LogP contribution >= 0.6 is 22.7 Å². The Morgan fingerprint density at radius 3 is 2.79 bits per heavy atom. The Kier molecular flexibility index (Phi) is 4.76. The fraction of sp³-hybridized carbons (Fsp3) is 0.300. The average Bonchev–Trinajstić information content (AvgIpc) is 3.51. The van der Waals surface area contributed by atoms with Gasteiger partial charge in [0, 0.05) is 47.3 Å². The van der Waals surface area contributed by atoms with Crippen molar-refractivity contribution in [1.82, 2.24) is 24.0 Å². The van der Waals surface area contributed by atoms with Gasteiger partial charge in [0.05, 0.1) is 18.0 Å². The van der Waals surface area contributed by atoms with Gasteiger partial charge >= 0.3 is 0 Å². The van der Waals surface area contributed by atoms with Gasteiger partial charge in [0.1, 0.15) is 11.4 Å². The van der Waals surface area contributed by atoms with Gasteiger partial charge < -0.3 is 9.47 Å². The predicted octanol–water partition coefficient (Wildman–Crippen LogP) is 3.25. The van der Waals surface area contributed by atoms with Gasteiger partial charge in [-0.05, 0) is 24.3 Å². The third-order valence-corrected chi connectivity index (χ3v) is 7.21. The van der Waals surface area contributed by atoms with Crippen molar-refractivity contribution in [3.05, 3.63) is 58.3 Å². The molecule has 0 atom stereocenters. The number of piperidine rings is 1. The van der Waals surface area contributed by atoms with Crippen LogP contribution in [0.25, 0.3) is 20.7 Å². The van der Waals surface area contributed by atoms with E-state index >= 15 is 0 Å². The maximum Gasteiger partial charge on any atom is 0.263 e. The van der Waals surface area contributed by atoms with Gasteiger partial charge in [0.25, 0.3) is 5.56 Å². The second-order valence-electron chi connectivity index (χ2n) is 7.11. The van der Waals surface area contributed by atoms with E-state index < -0.39 is 0 Å². The van der Waals surface area contributed by atoms with Gasteiger partial charge in [-0.15, -0.1) is 22.7 Å². The minimum absolute atomic E-state index is 0.0250. The molecule has 0 aliphatic carbocycles. The van der Waals surface area contributed by atoms with E-state index in [-0.39, 0.29) is 18.0 Å². The molecule has 1 fully saturated rings. The zero-order valence-corrected chi connectivity index (χ0v) is 17.2. The predicted molar refractivity (Wildman–Crippen MR) is 114 cm³/mol. The molecule has 148 valence electrons. The highest BCUT2D eigenvalue weighted by molar-refractivity contribution is 7.18. The molecule has 0 radical (unpaired) electrons. The number of carbonyl (C=O) groups excluding carboxylic acids is 1.